The first-order valence-corrected chi connectivity index (χ1v) is 14.2. The molecular weight excluding hydrogens is 670 g/mol. The van der Waals surface area contributed by atoms with Gasteiger partial charge in [-0.15, -0.1) is 0 Å². The standard InChI is InChI=1S/C29H25Cl2IN2O6/c1-40-29(39)26(18-7-11-20(31)12-8-18)34-25(17-5-9-19(30)10-6-17)28(38)33(15-3-2-4-24(35)36)23-14-13-21(32)16-22(23)27(34)37/h5-14,16,25-26H,2-4,15H2,1H3,(H,35,36)/t25-,26-/m0/s1. The third-order valence-electron chi connectivity index (χ3n) is 6.59. The minimum absolute atomic E-state index is 0.0474. The van der Waals surface area contributed by atoms with E-state index in [1.165, 1.54) is 16.9 Å². The van der Waals surface area contributed by atoms with Gasteiger partial charge >= 0.3 is 11.9 Å². The van der Waals surface area contributed by atoms with Crippen molar-refractivity contribution >= 4 is 75.2 Å². The van der Waals surface area contributed by atoms with Crippen molar-refractivity contribution in [1.29, 1.82) is 0 Å². The van der Waals surface area contributed by atoms with Crippen molar-refractivity contribution in [2.75, 3.05) is 18.6 Å². The maximum absolute atomic E-state index is 14.5. The Bertz CT molecular complexity index is 1430. The summed E-state index contributed by atoms with van der Waals surface area (Å²) < 4.78 is 5.91. The van der Waals surface area contributed by atoms with Gasteiger partial charge in [0, 0.05) is 26.6 Å². The molecule has 0 radical (unpaired) electrons. The predicted molar refractivity (Wildman–Crippen MR) is 160 cm³/mol. The lowest BCUT2D eigenvalue weighted by molar-refractivity contribution is -0.148. The number of carboxylic acids is 1. The molecule has 2 atom stereocenters. The summed E-state index contributed by atoms with van der Waals surface area (Å²) in [5.74, 6) is -2.65. The molecule has 0 bridgehead atoms. The monoisotopic (exact) mass is 694 g/mol. The van der Waals surface area contributed by atoms with E-state index >= 15 is 0 Å². The van der Waals surface area contributed by atoms with Gasteiger partial charge in [-0.1, -0.05) is 47.5 Å². The van der Waals surface area contributed by atoms with Gasteiger partial charge in [-0.05, 0) is 89.0 Å². The molecule has 2 amide bonds. The smallest absolute Gasteiger partial charge is 0.333 e. The van der Waals surface area contributed by atoms with Gasteiger partial charge < -0.3 is 19.6 Å². The van der Waals surface area contributed by atoms with Crippen molar-refractivity contribution in [3.05, 3.63) is 97.0 Å². The lowest BCUT2D eigenvalue weighted by Gasteiger charge is -2.36. The lowest BCUT2D eigenvalue weighted by atomic mass is 9.97. The largest absolute Gasteiger partial charge is 0.481 e. The van der Waals surface area contributed by atoms with E-state index < -0.39 is 35.8 Å². The van der Waals surface area contributed by atoms with Gasteiger partial charge in [0.15, 0.2) is 6.04 Å². The van der Waals surface area contributed by atoms with Gasteiger partial charge in [-0.2, -0.15) is 0 Å². The van der Waals surface area contributed by atoms with Crippen molar-refractivity contribution in [1.82, 2.24) is 4.90 Å². The zero-order valence-corrected chi connectivity index (χ0v) is 25.0. The second-order valence-electron chi connectivity index (χ2n) is 9.15. The summed E-state index contributed by atoms with van der Waals surface area (Å²) in [4.78, 5) is 56.1. The first-order valence-electron chi connectivity index (χ1n) is 12.4. The van der Waals surface area contributed by atoms with Crippen LogP contribution >= 0.6 is 45.8 Å². The molecule has 0 fully saturated rings. The third-order valence-corrected chi connectivity index (χ3v) is 7.76. The molecule has 0 saturated carbocycles. The van der Waals surface area contributed by atoms with Crippen molar-refractivity contribution in [2.45, 2.75) is 31.3 Å². The number of rotatable bonds is 9. The summed E-state index contributed by atoms with van der Waals surface area (Å²) in [6, 6.07) is 15.6. The van der Waals surface area contributed by atoms with Gasteiger partial charge in [0.05, 0.1) is 18.4 Å². The second-order valence-corrected chi connectivity index (χ2v) is 11.3. The van der Waals surface area contributed by atoms with Gasteiger partial charge in [0.1, 0.15) is 6.04 Å². The first-order chi connectivity index (χ1) is 19.1. The van der Waals surface area contributed by atoms with Crippen molar-refractivity contribution in [3.8, 4) is 0 Å². The number of nitrogens with zero attached hydrogens (tertiary/aromatic N) is 2. The molecule has 1 heterocycles. The van der Waals surface area contributed by atoms with Crippen LogP contribution in [-0.4, -0.2) is 47.4 Å². The number of unbranched alkanes of at least 4 members (excludes halogenated alkanes) is 1. The van der Waals surface area contributed by atoms with Crippen LogP contribution in [0.2, 0.25) is 10.0 Å². The fourth-order valence-electron chi connectivity index (χ4n) is 4.71. The fraction of sp³-hybridized carbons (Fsp3) is 0.241. The molecule has 1 aliphatic heterocycles. The molecule has 0 aromatic heterocycles. The van der Waals surface area contributed by atoms with E-state index in [1.54, 1.807) is 66.7 Å². The maximum atomic E-state index is 14.5. The van der Waals surface area contributed by atoms with Crippen LogP contribution < -0.4 is 4.90 Å². The molecule has 0 spiro atoms. The first kappa shape index (κ1) is 29.8. The van der Waals surface area contributed by atoms with E-state index in [4.69, 9.17) is 33.0 Å². The van der Waals surface area contributed by atoms with Crippen LogP contribution in [-0.2, 0) is 19.1 Å². The van der Waals surface area contributed by atoms with Crippen LogP contribution in [0, 0.1) is 3.57 Å². The zero-order chi connectivity index (χ0) is 29.0. The number of benzene rings is 3. The molecule has 11 heteroatoms. The van der Waals surface area contributed by atoms with E-state index in [-0.39, 0.29) is 18.5 Å². The minimum atomic E-state index is -1.28. The Kier molecular flexibility index (Phi) is 9.70. The number of amides is 2. The molecule has 3 aromatic carbocycles. The number of aliphatic carboxylic acids is 1. The molecule has 40 heavy (non-hydrogen) atoms. The highest BCUT2D eigenvalue weighted by Gasteiger charge is 2.46. The SMILES string of the molecule is COC(=O)[C@H](c1ccc(Cl)cc1)N1C(=O)c2cc(I)ccc2N(CCCCC(=O)O)C(=O)[C@@H]1c1ccc(Cl)cc1. The molecule has 4 rings (SSSR count). The zero-order valence-electron chi connectivity index (χ0n) is 21.4. The average Bonchev–Trinajstić information content (AvgIpc) is 3.01. The van der Waals surface area contributed by atoms with Crippen LogP contribution in [0.5, 0.6) is 0 Å². The molecule has 8 nitrogen and oxygen atoms in total. The molecular formula is C29H25Cl2IN2O6. The van der Waals surface area contributed by atoms with Crippen LogP contribution in [0.3, 0.4) is 0 Å². The van der Waals surface area contributed by atoms with E-state index in [0.29, 0.717) is 39.7 Å². The van der Waals surface area contributed by atoms with Crippen LogP contribution in [0.4, 0.5) is 5.69 Å². The van der Waals surface area contributed by atoms with Crippen molar-refractivity contribution < 1.29 is 29.0 Å². The highest BCUT2D eigenvalue weighted by atomic mass is 127. The number of carbonyl (C=O) groups excluding carboxylic acids is 3. The number of esters is 1. The number of halogens is 3. The summed E-state index contributed by atoms with van der Waals surface area (Å²) in [6.07, 6.45) is 0.689. The van der Waals surface area contributed by atoms with Gasteiger partial charge in [0.2, 0.25) is 0 Å². The Hall–Kier alpha value is -3.15. The summed E-state index contributed by atoms with van der Waals surface area (Å²) >= 11 is 14.3. The highest BCUT2D eigenvalue weighted by Crippen LogP contribution is 2.41. The summed E-state index contributed by atoms with van der Waals surface area (Å²) in [5, 5.41) is 9.96. The van der Waals surface area contributed by atoms with E-state index in [2.05, 4.69) is 22.6 Å². The Morgan fingerprint density at radius 1 is 0.975 bits per heavy atom. The molecule has 1 aliphatic rings. The third kappa shape index (κ3) is 6.42. The molecule has 0 aliphatic carbocycles. The molecule has 208 valence electrons. The minimum Gasteiger partial charge on any atom is -0.481 e. The number of methoxy groups -OCH3 is 1. The Balaban J connectivity index is 1.94. The number of fused-ring (bicyclic) bond motifs is 1. The maximum Gasteiger partial charge on any atom is 0.333 e. The predicted octanol–water partition coefficient (Wildman–Crippen LogP) is 6.30. The Labute approximate surface area is 254 Å². The normalized spacial score (nSPS) is 15.8. The summed E-state index contributed by atoms with van der Waals surface area (Å²) in [6.45, 7) is 0.175. The molecule has 1 N–H and O–H groups in total. The Morgan fingerprint density at radius 3 is 2.20 bits per heavy atom. The van der Waals surface area contributed by atoms with Crippen molar-refractivity contribution in [3.63, 3.8) is 0 Å². The number of carboxylic acid groups (broad SMARTS) is 1. The Morgan fingerprint density at radius 2 is 1.60 bits per heavy atom. The summed E-state index contributed by atoms with van der Waals surface area (Å²) in [5.41, 5.74) is 1.48. The quantitative estimate of drug-likeness (QED) is 0.160. The number of carbonyl (C=O) groups is 4. The van der Waals surface area contributed by atoms with Gasteiger partial charge in [-0.3, -0.25) is 14.4 Å². The number of hydrogen-bond acceptors (Lipinski definition) is 5. The molecule has 0 unspecified atom stereocenters. The fourth-order valence-corrected chi connectivity index (χ4v) is 5.46. The number of hydrogen-bond donors (Lipinski definition) is 1. The number of ether oxygens (including phenoxy) is 1. The molecule has 0 saturated heterocycles. The average molecular weight is 695 g/mol. The van der Waals surface area contributed by atoms with E-state index in [1.807, 2.05) is 0 Å². The van der Waals surface area contributed by atoms with E-state index in [9.17, 15) is 19.2 Å². The van der Waals surface area contributed by atoms with Gasteiger partial charge in [-0.25, -0.2) is 4.79 Å². The van der Waals surface area contributed by atoms with Crippen LogP contribution in [0.1, 0.15) is 52.8 Å². The van der Waals surface area contributed by atoms with Crippen LogP contribution in [0.25, 0.3) is 0 Å². The van der Waals surface area contributed by atoms with Gasteiger partial charge in [0.25, 0.3) is 11.8 Å². The van der Waals surface area contributed by atoms with E-state index in [0.717, 1.165) is 3.57 Å². The lowest BCUT2D eigenvalue weighted by Crippen LogP contribution is -2.46. The molecule has 3 aromatic rings. The number of anilines is 1. The topological polar surface area (TPSA) is 104 Å². The van der Waals surface area contributed by atoms with Crippen LogP contribution in [0.15, 0.2) is 66.7 Å². The second kappa shape index (κ2) is 13.0. The van der Waals surface area contributed by atoms with Crippen molar-refractivity contribution in [2.24, 2.45) is 0 Å². The highest BCUT2D eigenvalue weighted by molar-refractivity contribution is 14.1. The summed E-state index contributed by atoms with van der Waals surface area (Å²) in [7, 11) is 1.22.